The highest BCUT2D eigenvalue weighted by Gasteiger charge is 2.23. The van der Waals surface area contributed by atoms with E-state index in [2.05, 4.69) is 25.2 Å². The standard InChI is InChI=1S/C14H18N4OS/c1-10-5-16-13(6-15-10)14-8-18(3-4-19-14)7-12-9-20-11(2)17-12/h5-6,9,14H,3-4,7-8H2,1-2H3/t14-/m1/s1. The molecule has 0 unspecified atom stereocenters. The molecule has 20 heavy (non-hydrogen) atoms. The van der Waals surface area contributed by atoms with Crippen LogP contribution in [-0.4, -0.2) is 39.5 Å². The van der Waals surface area contributed by atoms with Crippen molar-refractivity contribution in [2.24, 2.45) is 0 Å². The summed E-state index contributed by atoms with van der Waals surface area (Å²) in [7, 11) is 0. The van der Waals surface area contributed by atoms with E-state index in [0.29, 0.717) is 0 Å². The van der Waals surface area contributed by atoms with E-state index in [1.807, 2.05) is 20.0 Å². The monoisotopic (exact) mass is 290 g/mol. The van der Waals surface area contributed by atoms with Crippen LogP contribution in [0, 0.1) is 13.8 Å². The minimum atomic E-state index is 0.0107. The van der Waals surface area contributed by atoms with E-state index in [4.69, 9.17) is 4.74 Å². The summed E-state index contributed by atoms with van der Waals surface area (Å²) in [6, 6.07) is 0. The van der Waals surface area contributed by atoms with Crippen LogP contribution in [0.15, 0.2) is 17.8 Å². The van der Waals surface area contributed by atoms with Crippen LogP contribution in [0.1, 0.15) is 28.2 Å². The molecule has 0 radical (unpaired) electrons. The Morgan fingerprint density at radius 3 is 2.95 bits per heavy atom. The number of nitrogens with zero attached hydrogens (tertiary/aromatic N) is 4. The lowest BCUT2D eigenvalue weighted by Crippen LogP contribution is -2.38. The van der Waals surface area contributed by atoms with Gasteiger partial charge in [0.25, 0.3) is 0 Å². The summed E-state index contributed by atoms with van der Waals surface area (Å²) < 4.78 is 5.82. The van der Waals surface area contributed by atoms with Gasteiger partial charge in [-0.3, -0.25) is 14.9 Å². The predicted octanol–water partition coefficient (Wildman–Crippen LogP) is 2.12. The van der Waals surface area contributed by atoms with E-state index < -0.39 is 0 Å². The topological polar surface area (TPSA) is 51.1 Å². The predicted molar refractivity (Wildman–Crippen MR) is 77.6 cm³/mol. The highest BCUT2D eigenvalue weighted by Crippen LogP contribution is 2.21. The number of rotatable bonds is 3. The zero-order valence-electron chi connectivity index (χ0n) is 11.7. The van der Waals surface area contributed by atoms with E-state index in [1.165, 1.54) is 0 Å². The number of hydrogen-bond donors (Lipinski definition) is 0. The molecule has 0 amide bonds. The van der Waals surface area contributed by atoms with Gasteiger partial charge in [0, 0.05) is 31.2 Å². The molecule has 0 spiro atoms. The van der Waals surface area contributed by atoms with Gasteiger partial charge in [-0.15, -0.1) is 11.3 Å². The number of hydrogen-bond acceptors (Lipinski definition) is 6. The Bertz CT molecular complexity index is 569. The molecule has 106 valence electrons. The highest BCUT2D eigenvalue weighted by molar-refractivity contribution is 7.09. The number of thiazole rings is 1. The van der Waals surface area contributed by atoms with Crippen LogP contribution < -0.4 is 0 Å². The number of ether oxygens (including phenoxy) is 1. The van der Waals surface area contributed by atoms with Gasteiger partial charge in [0.1, 0.15) is 6.10 Å². The molecule has 1 atom stereocenters. The zero-order chi connectivity index (χ0) is 13.9. The maximum absolute atomic E-state index is 5.82. The lowest BCUT2D eigenvalue weighted by Gasteiger charge is -2.32. The average molecular weight is 290 g/mol. The minimum Gasteiger partial charge on any atom is -0.369 e. The Kier molecular flexibility index (Phi) is 4.05. The maximum atomic E-state index is 5.82. The van der Waals surface area contributed by atoms with Gasteiger partial charge in [0.2, 0.25) is 0 Å². The van der Waals surface area contributed by atoms with Gasteiger partial charge in [-0.05, 0) is 13.8 Å². The van der Waals surface area contributed by atoms with Crippen LogP contribution >= 0.6 is 11.3 Å². The van der Waals surface area contributed by atoms with Crippen LogP contribution in [0.25, 0.3) is 0 Å². The molecular formula is C14H18N4OS. The third-order valence-corrected chi connectivity index (χ3v) is 4.16. The maximum Gasteiger partial charge on any atom is 0.114 e. The summed E-state index contributed by atoms with van der Waals surface area (Å²) in [6.07, 6.45) is 3.62. The molecule has 2 aromatic rings. The quantitative estimate of drug-likeness (QED) is 0.866. The van der Waals surface area contributed by atoms with Crippen LogP contribution in [0.3, 0.4) is 0 Å². The van der Waals surface area contributed by atoms with Crippen molar-refractivity contribution in [3.05, 3.63) is 39.9 Å². The SMILES string of the molecule is Cc1cnc([C@H]2CN(Cc3csc(C)n3)CCO2)cn1. The third-order valence-electron chi connectivity index (χ3n) is 3.33. The van der Waals surface area contributed by atoms with Crippen LogP contribution in [-0.2, 0) is 11.3 Å². The van der Waals surface area contributed by atoms with Gasteiger partial charge in [0.15, 0.2) is 0 Å². The van der Waals surface area contributed by atoms with Gasteiger partial charge in [0.05, 0.1) is 34.9 Å². The summed E-state index contributed by atoms with van der Waals surface area (Å²) in [5.74, 6) is 0. The molecule has 2 aromatic heterocycles. The van der Waals surface area contributed by atoms with Crippen LogP contribution in [0.4, 0.5) is 0 Å². The van der Waals surface area contributed by atoms with E-state index in [1.54, 1.807) is 17.5 Å². The van der Waals surface area contributed by atoms with Crippen molar-refractivity contribution < 1.29 is 4.74 Å². The van der Waals surface area contributed by atoms with Crippen molar-refractivity contribution in [3.63, 3.8) is 0 Å². The van der Waals surface area contributed by atoms with E-state index in [9.17, 15) is 0 Å². The van der Waals surface area contributed by atoms with E-state index in [-0.39, 0.29) is 6.10 Å². The summed E-state index contributed by atoms with van der Waals surface area (Å²) in [6.45, 7) is 7.36. The molecule has 1 saturated heterocycles. The fraction of sp³-hybridized carbons (Fsp3) is 0.500. The van der Waals surface area contributed by atoms with Crippen LogP contribution in [0.5, 0.6) is 0 Å². The Balaban J connectivity index is 1.65. The van der Waals surface area contributed by atoms with Gasteiger partial charge in [-0.2, -0.15) is 0 Å². The normalized spacial score (nSPS) is 20.2. The van der Waals surface area contributed by atoms with Crippen molar-refractivity contribution in [3.8, 4) is 0 Å². The Hall–Kier alpha value is -1.37. The Morgan fingerprint density at radius 1 is 1.35 bits per heavy atom. The molecule has 1 fully saturated rings. The molecule has 0 saturated carbocycles. The molecule has 1 aliphatic rings. The lowest BCUT2D eigenvalue weighted by atomic mass is 10.2. The lowest BCUT2D eigenvalue weighted by molar-refractivity contribution is -0.0354. The van der Waals surface area contributed by atoms with Gasteiger partial charge < -0.3 is 4.74 Å². The second kappa shape index (κ2) is 5.95. The van der Waals surface area contributed by atoms with Crippen molar-refractivity contribution >= 4 is 11.3 Å². The molecule has 3 heterocycles. The summed E-state index contributed by atoms with van der Waals surface area (Å²) in [4.78, 5) is 15.6. The highest BCUT2D eigenvalue weighted by atomic mass is 32.1. The first-order valence-electron chi connectivity index (χ1n) is 6.74. The molecule has 1 aliphatic heterocycles. The molecule has 0 N–H and O–H groups in total. The first-order chi connectivity index (χ1) is 9.70. The molecule has 0 bridgehead atoms. The fourth-order valence-electron chi connectivity index (χ4n) is 2.30. The van der Waals surface area contributed by atoms with E-state index >= 15 is 0 Å². The number of aromatic nitrogens is 3. The largest absolute Gasteiger partial charge is 0.369 e. The first kappa shape index (κ1) is 13.6. The third kappa shape index (κ3) is 3.20. The van der Waals surface area contributed by atoms with Crippen molar-refractivity contribution in [1.82, 2.24) is 19.9 Å². The Morgan fingerprint density at radius 2 is 2.25 bits per heavy atom. The van der Waals surface area contributed by atoms with Crippen LogP contribution in [0.2, 0.25) is 0 Å². The second-order valence-corrected chi connectivity index (χ2v) is 6.10. The number of aryl methyl sites for hydroxylation is 2. The fourth-order valence-corrected chi connectivity index (χ4v) is 2.91. The molecular weight excluding hydrogens is 272 g/mol. The van der Waals surface area contributed by atoms with Crippen molar-refractivity contribution in [2.45, 2.75) is 26.5 Å². The van der Waals surface area contributed by atoms with Crippen molar-refractivity contribution in [2.75, 3.05) is 19.7 Å². The average Bonchev–Trinajstić information content (AvgIpc) is 2.85. The zero-order valence-corrected chi connectivity index (χ0v) is 12.6. The smallest absolute Gasteiger partial charge is 0.114 e. The summed E-state index contributed by atoms with van der Waals surface area (Å²) in [5, 5.41) is 3.25. The Labute approximate surface area is 122 Å². The van der Waals surface area contributed by atoms with Gasteiger partial charge in [-0.1, -0.05) is 0 Å². The van der Waals surface area contributed by atoms with Gasteiger partial charge >= 0.3 is 0 Å². The molecule has 0 aromatic carbocycles. The minimum absolute atomic E-state index is 0.0107. The van der Waals surface area contributed by atoms with Gasteiger partial charge in [-0.25, -0.2) is 4.98 Å². The second-order valence-electron chi connectivity index (χ2n) is 5.04. The van der Waals surface area contributed by atoms with E-state index in [0.717, 1.165) is 48.3 Å². The van der Waals surface area contributed by atoms with Crippen molar-refractivity contribution in [1.29, 1.82) is 0 Å². The molecule has 0 aliphatic carbocycles. The summed E-state index contributed by atoms with van der Waals surface area (Å²) in [5.41, 5.74) is 2.98. The molecule has 3 rings (SSSR count). The number of morpholine rings is 1. The first-order valence-corrected chi connectivity index (χ1v) is 7.62. The molecule has 5 nitrogen and oxygen atoms in total. The molecule has 6 heteroatoms. The summed E-state index contributed by atoms with van der Waals surface area (Å²) >= 11 is 1.70.